The summed E-state index contributed by atoms with van der Waals surface area (Å²) in [4.78, 5) is 0. The first-order chi connectivity index (χ1) is 8.22. The molecule has 0 aliphatic rings. The van der Waals surface area contributed by atoms with Crippen molar-refractivity contribution in [1.29, 1.82) is 0 Å². The minimum absolute atomic E-state index is 0.262. The van der Waals surface area contributed by atoms with Crippen LogP contribution in [-0.2, 0) is 0 Å². The number of fused-ring (bicyclic) bond motifs is 1. The SMILES string of the molecule is CCCC(C)Oc1ccc2ccccc2c1Br. The second kappa shape index (κ2) is 5.54. The third-order valence-electron chi connectivity index (χ3n) is 2.85. The predicted octanol–water partition coefficient (Wildman–Crippen LogP) is 5.17. The number of hydrogen-bond acceptors (Lipinski definition) is 1. The van der Waals surface area contributed by atoms with Crippen LogP contribution in [-0.4, -0.2) is 6.10 Å². The Labute approximate surface area is 111 Å². The van der Waals surface area contributed by atoms with Crippen LogP contribution in [0, 0.1) is 0 Å². The third-order valence-corrected chi connectivity index (χ3v) is 3.67. The van der Waals surface area contributed by atoms with Crippen molar-refractivity contribution in [3.8, 4) is 5.75 Å². The molecule has 2 heteroatoms. The van der Waals surface area contributed by atoms with Gasteiger partial charge in [-0.3, -0.25) is 0 Å². The van der Waals surface area contributed by atoms with Crippen molar-refractivity contribution >= 4 is 26.7 Å². The van der Waals surface area contributed by atoms with Gasteiger partial charge in [0.15, 0.2) is 0 Å². The largest absolute Gasteiger partial charge is 0.490 e. The Kier molecular flexibility index (Phi) is 4.06. The topological polar surface area (TPSA) is 9.23 Å². The van der Waals surface area contributed by atoms with Gasteiger partial charge in [0.05, 0.1) is 10.6 Å². The lowest BCUT2D eigenvalue weighted by Crippen LogP contribution is -2.11. The molecule has 0 saturated heterocycles. The summed E-state index contributed by atoms with van der Waals surface area (Å²) in [6.45, 7) is 4.29. The van der Waals surface area contributed by atoms with E-state index in [0.29, 0.717) is 0 Å². The van der Waals surface area contributed by atoms with E-state index < -0.39 is 0 Å². The van der Waals surface area contributed by atoms with Crippen LogP contribution in [0.5, 0.6) is 5.75 Å². The monoisotopic (exact) mass is 292 g/mol. The lowest BCUT2D eigenvalue weighted by Gasteiger charge is -2.16. The van der Waals surface area contributed by atoms with E-state index in [2.05, 4.69) is 54.0 Å². The summed E-state index contributed by atoms with van der Waals surface area (Å²) in [6, 6.07) is 12.5. The molecule has 0 spiro atoms. The van der Waals surface area contributed by atoms with Crippen molar-refractivity contribution in [3.05, 3.63) is 40.9 Å². The molecule has 0 aliphatic heterocycles. The molecule has 2 rings (SSSR count). The summed E-state index contributed by atoms with van der Waals surface area (Å²) in [7, 11) is 0. The molecule has 0 heterocycles. The quantitative estimate of drug-likeness (QED) is 0.755. The van der Waals surface area contributed by atoms with Gasteiger partial charge in [0.2, 0.25) is 0 Å². The Balaban J connectivity index is 2.32. The molecule has 0 bridgehead atoms. The summed E-state index contributed by atoms with van der Waals surface area (Å²) in [6.07, 6.45) is 2.49. The van der Waals surface area contributed by atoms with Gasteiger partial charge in [-0.25, -0.2) is 0 Å². The van der Waals surface area contributed by atoms with Crippen LogP contribution in [0.25, 0.3) is 10.8 Å². The van der Waals surface area contributed by atoms with E-state index in [1.54, 1.807) is 0 Å². The van der Waals surface area contributed by atoms with Crippen LogP contribution >= 0.6 is 15.9 Å². The summed E-state index contributed by atoms with van der Waals surface area (Å²) in [5.41, 5.74) is 0. The molecule has 1 unspecified atom stereocenters. The number of ether oxygens (including phenoxy) is 1. The Morgan fingerprint density at radius 3 is 2.71 bits per heavy atom. The second-order valence-electron chi connectivity index (χ2n) is 4.32. The van der Waals surface area contributed by atoms with Crippen molar-refractivity contribution in [2.24, 2.45) is 0 Å². The first-order valence-electron chi connectivity index (χ1n) is 6.06. The maximum atomic E-state index is 5.95. The van der Waals surface area contributed by atoms with Crippen molar-refractivity contribution < 1.29 is 4.74 Å². The molecule has 1 atom stereocenters. The highest BCUT2D eigenvalue weighted by atomic mass is 79.9. The second-order valence-corrected chi connectivity index (χ2v) is 5.11. The van der Waals surface area contributed by atoms with Gasteiger partial charge in [0.25, 0.3) is 0 Å². The Morgan fingerprint density at radius 1 is 1.18 bits per heavy atom. The normalized spacial score (nSPS) is 12.6. The Morgan fingerprint density at radius 2 is 1.94 bits per heavy atom. The van der Waals surface area contributed by atoms with Gasteiger partial charge in [0, 0.05) is 0 Å². The van der Waals surface area contributed by atoms with Gasteiger partial charge in [0.1, 0.15) is 5.75 Å². The summed E-state index contributed by atoms with van der Waals surface area (Å²) >= 11 is 3.64. The van der Waals surface area contributed by atoms with Crippen molar-refractivity contribution in [2.45, 2.75) is 32.8 Å². The van der Waals surface area contributed by atoms with E-state index in [9.17, 15) is 0 Å². The Bertz CT molecular complexity index is 507. The average molecular weight is 293 g/mol. The molecule has 0 N–H and O–H groups in total. The van der Waals surface area contributed by atoms with Crippen molar-refractivity contribution in [3.63, 3.8) is 0 Å². The molecule has 90 valence electrons. The van der Waals surface area contributed by atoms with Crippen LogP contribution in [0.4, 0.5) is 0 Å². The first kappa shape index (κ1) is 12.4. The zero-order chi connectivity index (χ0) is 12.3. The van der Waals surface area contributed by atoms with E-state index in [1.807, 2.05) is 12.1 Å². The lowest BCUT2D eigenvalue weighted by molar-refractivity contribution is 0.209. The van der Waals surface area contributed by atoms with Gasteiger partial charge >= 0.3 is 0 Å². The maximum absolute atomic E-state index is 5.95. The van der Waals surface area contributed by atoms with Crippen LogP contribution in [0.1, 0.15) is 26.7 Å². The molecule has 2 aromatic carbocycles. The van der Waals surface area contributed by atoms with E-state index in [1.165, 1.54) is 10.8 Å². The highest BCUT2D eigenvalue weighted by molar-refractivity contribution is 9.10. The fourth-order valence-corrected chi connectivity index (χ4v) is 2.57. The van der Waals surface area contributed by atoms with E-state index in [4.69, 9.17) is 4.74 Å². The molecule has 0 fully saturated rings. The van der Waals surface area contributed by atoms with Crippen LogP contribution in [0.2, 0.25) is 0 Å². The van der Waals surface area contributed by atoms with Crippen LogP contribution in [0.15, 0.2) is 40.9 Å². The molecular weight excluding hydrogens is 276 g/mol. The molecule has 0 aliphatic carbocycles. The highest BCUT2D eigenvalue weighted by Gasteiger charge is 2.08. The van der Waals surface area contributed by atoms with Gasteiger partial charge in [-0.1, -0.05) is 43.7 Å². The zero-order valence-corrected chi connectivity index (χ0v) is 11.8. The standard InChI is InChI=1S/C15H17BrO/c1-3-6-11(2)17-14-10-9-12-7-4-5-8-13(12)15(14)16/h4-5,7-11H,3,6H2,1-2H3. The predicted molar refractivity (Wildman–Crippen MR) is 76.6 cm³/mol. The van der Waals surface area contributed by atoms with E-state index in [0.717, 1.165) is 23.1 Å². The van der Waals surface area contributed by atoms with Crippen molar-refractivity contribution in [1.82, 2.24) is 0 Å². The fourth-order valence-electron chi connectivity index (χ4n) is 1.99. The minimum Gasteiger partial charge on any atom is -0.490 e. The molecule has 17 heavy (non-hydrogen) atoms. The van der Waals surface area contributed by atoms with E-state index >= 15 is 0 Å². The van der Waals surface area contributed by atoms with Gasteiger partial charge in [-0.2, -0.15) is 0 Å². The molecule has 0 radical (unpaired) electrons. The zero-order valence-electron chi connectivity index (χ0n) is 10.2. The number of hydrogen-bond donors (Lipinski definition) is 0. The number of benzene rings is 2. The fraction of sp³-hybridized carbons (Fsp3) is 0.333. The van der Waals surface area contributed by atoms with Gasteiger partial charge in [-0.15, -0.1) is 0 Å². The van der Waals surface area contributed by atoms with Crippen molar-refractivity contribution in [2.75, 3.05) is 0 Å². The van der Waals surface area contributed by atoms with Gasteiger partial charge in [-0.05, 0) is 46.1 Å². The summed E-state index contributed by atoms with van der Waals surface area (Å²) in [5.74, 6) is 0.935. The molecule has 2 aromatic rings. The smallest absolute Gasteiger partial charge is 0.134 e. The molecule has 0 aromatic heterocycles. The third kappa shape index (κ3) is 2.81. The van der Waals surface area contributed by atoms with E-state index in [-0.39, 0.29) is 6.10 Å². The van der Waals surface area contributed by atoms with Crippen LogP contribution in [0.3, 0.4) is 0 Å². The molecule has 0 saturated carbocycles. The maximum Gasteiger partial charge on any atom is 0.134 e. The molecular formula is C15H17BrO. The molecule has 0 amide bonds. The first-order valence-corrected chi connectivity index (χ1v) is 6.85. The lowest BCUT2D eigenvalue weighted by atomic mass is 10.1. The Hall–Kier alpha value is -1.02. The summed E-state index contributed by atoms with van der Waals surface area (Å²) in [5, 5.41) is 2.43. The number of rotatable bonds is 4. The van der Waals surface area contributed by atoms with Gasteiger partial charge < -0.3 is 4.74 Å². The summed E-state index contributed by atoms with van der Waals surface area (Å²) < 4.78 is 7.00. The van der Waals surface area contributed by atoms with Crippen LogP contribution < -0.4 is 4.74 Å². The number of halogens is 1. The highest BCUT2D eigenvalue weighted by Crippen LogP contribution is 2.33. The minimum atomic E-state index is 0.262. The average Bonchev–Trinajstić information content (AvgIpc) is 2.33. The molecule has 1 nitrogen and oxygen atoms in total.